The number of H-pyrrole nitrogens is 1. The van der Waals surface area contributed by atoms with Crippen molar-refractivity contribution in [3.05, 3.63) is 53.1 Å². The first-order valence-electron chi connectivity index (χ1n) is 7.47. The van der Waals surface area contributed by atoms with Gasteiger partial charge in [-0.25, -0.2) is 0 Å². The Morgan fingerprint density at radius 1 is 1.17 bits per heavy atom. The number of nitrogens with one attached hydrogen (secondary N) is 1. The summed E-state index contributed by atoms with van der Waals surface area (Å²) in [6.07, 6.45) is -0.0319. The van der Waals surface area contributed by atoms with Gasteiger partial charge in [0.25, 0.3) is 0 Å². The molecule has 4 nitrogen and oxygen atoms in total. The van der Waals surface area contributed by atoms with E-state index >= 15 is 0 Å². The quantitative estimate of drug-likeness (QED) is 0.763. The van der Waals surface area contributed by atoms with Gasteiger partial charge in [-0.15, -0.1) is 0 Å². The van der Waals surface area contributed by atoms with E-state index in [1.165, 1.54) is 0 Å². The minimum Gasteiger partial charge on any atom is -0.497 e. The van der Waals surface area contributed by atoms with E-state index in [1.54, 1.807) is 7.11 Å². The highest BCUT2D eigenvalue weighted by Crippen LogP contribution is 2.34. The summed E-state index contributed by atoms with van der Waals surface area (Å²) < 4.78 is 5.28. The number of hydrogen-bond donors (Lipinski definition) is 2. The number of ether oxygens (including phenoxy) is 1. The molecule has 0 saturated heterocycles. The van der Waals surface area contributed by atoms with Gasteiger partial charge in [0.15, 0.2) is 0 Å². The van der Waals surface area contributed by atoms with Gasteiger partial charge < -0.3 is 14.8 Å². The molecule has 0 radical (unpaired) electrons. The van der Waals surface area contributed by atoms with Crippen LogP contribution in [0.5, 0.6) is 5.75 Å². The molecule has 0 spiro atoms. The predicted molar refractivity (Wildman–Crippen MR) is 91.1 cm³/mol. The van der Waals surface area contributed by atoms with Gasteiger partial charge in [-0.3, -0.25) is 4.79 Å². The summed E-state index contributed by atoms with van der Waals surface area (Å²) in [5.74, 6) is -0.129. The Kier molecular flexibility index (Phi) is 3.82. The monoisotopic (exact) mass is 309 g/mol. The summed E-state index contributed by atoms with van der Waals surface area (Å²) in [6, 6.07) is 11.9. The first-order chi connectivity index (χ1) is 11.0. The second-order valence-electron chi connectivity index (χ2n) is 5.78. The Morgan fingerprint density at radius 3 is 2.65 bits per heavy atom. The van der Waals surface area contributed by atoms with Crippen molar-refractivity contribution >= 4 is 16.9 Å². The van der Waals surface area contributed by atoms with E-state index in [4.69, 9.17) is 4.74 Å². The molecule has 118 valence electrons. The summed E-state index contributed by atoms with van der Waals surface area (Å²) in [6.45, 7) is 4.07. The van der Waals surface area contributed by atoms with Crippen molar-refractivity contribution in [2.45, 2.75) is 20.3 Å². The molecular weight excluding hydrogens is 290 g/mol. The molecule has 0 aliphatic heterocycles. The molecule has 3 aromatic rings. The summed E-state index contributed by atoms with van der Waals surface area (Å²) in [5.41, 5.74) is 5.87. The Bertz CT molecular complexity index is 893. The van der Waals surface area contributed by atoms with Gasteiger partial charge in [0, 0.05) is 16.5 Å². The number of aryl methyl sites for hydroxylation is 2. The summed E-state index contributed by atoms with van der Waals surface area (Å²) in [5, 5.41) is 10.2. The number of rotatable bonds is 4. The molecule has 0 atom stereocenters. The van der Waals surface area contributed by atoms with Gasteiger partial charge in [-0.05, 0) is 49.2 Å². The molecule has 1 aromatic heterocycles. The zero-order valence-electron chi connectivity index (χ0n) is 13.4. The van der Waals surface area contributed by atoms with Crippen molar-refractivity contribution in [2.24, 2.45) is 0 Å². The van der Waals surface area contributed by atoms with Crippen LogP contribution in [0.3, 0.4) is 0 Å². The summed E-state index contributed by atoms with van der Waals surface area (Å²) >= 11 is 0. The average Bonchev–Trinajstić information content (AvgIpc) is 2.86. The molecule has 0 aliphatic rings. The van der Waals surface area contributed by atoms with Gasteiger partial charge in [0.1, 0.15) is 5.75 Å². The lowest BCUT2D eigenvalue weighted by Crippen LogP contribution is -2.01. The lowest BCUT2D eigenvalue weighted by Gasteiger charge is -2.08. The summed E-state index contributed by atoms with van der Waals surface area (Å²) in [7, 11) is 1.61. The molecule has 0 amide bonds. The zero-order valence-corrected chi connectivity index (χ0v) is 13.4. The molecule has 0 saturated carbocycles. The SMILES string of the molecule is COc1ccc2[nH]c(-c3cc(C)ccc3C)c(CC(=O)O)c2c1. The minimum absolute atomic E-state index is 0.0319. The van der Waals surface area contributed by atoms with Crippen LogP contribution < -0.4 is 4.74 Å². The maximum Gasteiger partial charge on any atom is 0.307 e. The largest absolute Gasteiger partial charge is 0.497 e. The van der Waals surface area contributed by atoms with Crippen LogP contribution in [0.4, 0.5) is 0 Å². The van der Waals surface area contributed by atoms with E-state index in [0.29, 0.717) is 0 Å². The zero-order chi connectivity index (χ0) is 16.6. The number of aromatic amines is 1. The van der Waals surface area contributed by atoms with E-state index in [2.05, 4.69) is 23.2 Å². The third-order valence-corrected chi connectivity index (χ3v) is 4.10. The van der Waals surface area contributed by atoms with Crippen LogP contribution in [0, 0.1) is 13.8 Å². The van der Waals surface area contributed by atoms with Crippen LogP contribution in [-0.4, -0.2) is 23.2 Å². The van der Waals surface area contributed by atoms with E-state index in [1.807, 2.05) is 32.0 Å². The molecule has 0 fully saturated rings. The fourth-order valence-electron chi connectivity index (χ4n) is 2.92. The molecule has 4 heteroatoms. The van der Waals surface area contributed by atoms with Gasteiger partial charge >= 0.3 is 5.97 Å². The predicted octanol–water partition coefficient (Wildman–Crippen LogP) is 4.09. The van der Waals surface area contributed by atoms with Crippen molar-refractivity contribution in [1.29, 1.82) is 0 Å². The van der Waals surface area contributed by atoms with Crippen molar-refractivity contribution in [2.75, 3.05) is 7.11 Å². The number of aromatic nitrogens is 1. The second-order valence-corrected chi connectivity index (χ2v) is 5.78. The lowest BCUT2D eigenvalue weighted by atomic mass is 9.97. The number of aliphatic carboxylic acids is 1. The molecule has 2 aromatic carbocycles. The first-order valence-corrected chi connectivity index (χ1v) is 7.47. The van der Waals surface area contributed by atoms with E-state index in [9.17, 15) is 9.90 Å². The van der Waals surface area contributed by atoms with Crippen LogP contribution in [0.2, 0.25) is 0 Å². The number of benzene rings is 2. The number of fused-ring (bicyclic) bond motifs is 1. The fraction of sp³-hybridized carbons (Fsp3) is 0.211. The Morgan fingerprint density at radius 2 is 1.96 bits per heavy atom. The van der Waals surface area contributed by atoms with Crippen molar-refractivity contribution < 1.29 is 14.6 Å². The topological polar surface area (TPSA) is 62.3 Å². The Labute approximate surface area is 134 Å². The van der Waals surface area contributed by atoms with E-state index in [-0.39, 0.29) is 6.42 Å². The van der Waals surface area contributed by atoms with Crippen LogP contribution in [0.15, 0.2) is 36.4 Å². The number of methoxy groups -OCH3 is 1. The molecule has 0 aliphatic carbocycles. The van der Waals surface area contributed by atoms with E-state index in [0.717, 1.165) is 44.6 Å². The normalized spacial score (nSPS) is 10.9. The second kappa shape index (κ2) is 5.80. The van der Waals surface area contributed by atoms with Crippen molar-refractivity contribution in [1.82, 2.24) is 4.98 Å². The Hall–Kier alpha value is -2.75. The average molecular weight is 309 g/mol. The van der Waals surface area contributed by atoms with Crippen LogP contribution in [-0.2, 0) is 11.2 Å². The molecule has 3 rings (SSSR count). The number of carboxylic acids is 1. The highest BCUT2D eigenvalue weighted by Gasteiger charge is 2.17. The lowest BCUT2D eigenvalue weighted by molar-refractivity contribution is -0.136. The van der Waals surface area contributed by atoms with Crippen molar-refractivity contribution in [3.8, 4) is 17.0 Å². The molecular formula is C19H19NO3. The van der Waals surface area contributed by atoms with Crippen LogP contribution >= 0.6 is 0 Å². The number of carbonyl (C=O) groups is 1. The van der Waals surface area contributed by atoms with Gasteiger partial charge in [0.05, 0.1) is 19.2 Å². The number of hydrogen-bond acceptors (Lipinski definition) is 2. The first kappa shape index (κ1) is 15.2. The van der Waals surface area contributed by atoms with E-state index < -0.39 is 5.97 Å². The molecule has 2 N–H and O–H groups in total. The molecule has 23 heavy (non-hydrogen) atoms. The van der Waals surface area contributed by atoms with Gasteiger partial charge in [0.2, 0.25) is 0 Å². The van der Waals surface area contributed by atoms with Gasteiger partial charge in [-0.2, -0.15) is 0 Å². The Balaban J connectivity index is 2.30. The van der Waals surface area contributed by atoms with Crippen molar-refractivity contribution in [3.63, 3.8) is 0 Å². The molecule has 0 bridgehead atoms. The summed E-state index contributed by atoms with van der Waals surface area (Å²) in [4.78, 5) is 14.7. The smallest absolute Gasteiger partial charge is 0.307 e. The maximum absolute atomic E-state index is 11.4. The van der Waals surface area contributed by atoms with Crippen LogP contribution in [0.1, 0.15) is 16.7 Å². The molecule has 0 unspecified atom stereocenters. The molecule has 1 heterocycles. The van der Waals surface area contributed by atoms with Crippen LogP contribution in [0.25, 0.3) is 22.2 Å². The minimum atomic E-state index is -0.847. The maximum atomic E-state index is 11.4. The number of carboxylic acid groups (broad SMARTS) is 1. The highest BCUT2D eigenvalue weighted by atomic mass is 16.5. The highest BCUT2D eigenvalue weighted by molar-refractivity contribution is 5.95. The standard InChI is InChI=1S/C19H19NO3/c1-11-4-5-12(2)14(8-11)19-16(10-18(21)22)15-9-13(23-3)6-7-17(15)20-19/h4-9,20H,10H2,1-3H3,(H,21,22). The third-order valence-electron chi connectivity index (χ3n) is 4.10. The third kappa shape index (κ3) is 2.80. The fourth-order valence-corrected chi connectivity index (χ4v) is 2.92. The van der Waals surface area contributed by atoms with Gasteiger partial charge in [-0.1, -0.05) is 17.7 Å².